The van der Waals surface area contributed by atoms with Gasteiger partial charge in [-0.25, -0.2) is 4.79 Å². The summed E-state index contributed by atoms with van der Waals surface area (Å²) >= 11 is 0. The zero-order valence-corrected chi connectivity index (χ0v) is 20.9. The number of rotatable bonds is 9. The Labute approximate surface area is 216 Å². The topological polar surface area (TPSA) is 174 Å². The third kappa shape index (κ3) is 7.09. The second-order valence-corrected chi connectivity index (χ2v) is 8.17. The number of fused-ring (bicyclic) bond motifs is 1. The van der Waals surface area contributed by atoms with Gasteiger partial charge >= 0.3 is 29.8 Å². The second kappa shape index (κ2) is 12.2. The molecule has 1 fully saturated rings. The second-order valence-electron chi connectivity index (χ2n) is 8.17. The minimum atomic E-state index is -1.51. The summed E-state index contributed by atoms with van der Waals surface area (Å²) in [5.74, 6) is -4.14. The van der Waals surface area contributed by atoms with Gasteiger partial charge in [-0.15, -0.1) is 0 Å². The smallest absolute Gasteiger partial charge is 0.328 e. The van der Waals surface area contributed by atoms with Crippen LogP contribution >= 0.6 is 0 Å². The third-order valence-corrected chi connectivity index (χ3v) is 5.20. The fourth-order valence-corrected chi connectivity index (χ4v) is 3.86. The molecule has 1 aromatic carbocycles. The van der Waals surface area contributed by atoms with Crippen molar-refractivity contribution < 1.29 is 61.9 Å². The highest BCUT2D eigenvalue weighted by Crippen LogP contribution is 2.36. The molecule has 0 amide bonds. The van der Waals surface area contributed by atoms with Crippen molar-refractivity contribution >= 4 is 46.9 Å². The first-order chi connectivity index (χ1) is 18.0. The average Bonchev–Trinajstić information content (AvgIpc) is 3.29. The summed E-state index contributed by atoms with van der Waals surface area (Å²) in [6.07, 6.45) is -3.42. The first-order valence-electron chi connectivity index (χ1n) is 11.3. The zero-order valence-electron chi connectivity index (χ0n) is 20.9. The summed E-state index contributed by atoms with van der Waals surface area (Å²) in [6.45, 7) is 4.04. The van der Waals surface area contributed by atoms with E-state index in [-0.39, 0.29) is 5.75 Å². The van der Waals surface area contributed by atoms with Gasteiger partial charge in [0.15, 0.2) is 12.2 Å². The monoisotopic (exact) mass is 534 g/mol. The van der Waals surface area contributed by atoms with Crippen molar-refractivity contribution in [3.05, 3.63) is 36.1 Å². The maximum Gasteiger partial charge on any atom is 0.328 e. The van der Waals surface area contributed by atoms with E-state index < -0.39 is 67.2 Å². The maximum absolute atomic E-state index is 12.0. The van der Waals surface area contributed by atoms with Crippen LogP contribution in [0.4, 0.5) is 0 Å². The molecule has 0 aliphatic carbocycles. The van der Waals surface area contributed by atoms with E-state index in [1.54, 1.807) is 12.1 Å². The number of furan rings is 1. The number of carbonyl (C=O) groups is 5. The number of carboxylic acids is 1. The Morgan fingerprint density at radius 1 is 0.868 bits per heavy atom. The van der Waals surface area contributed by atoms with Gasteiger partial charge in [0, 0.05) is 39.3 Å². The van der Waals surface area contributed by atoms with Crippen LogP contribution in [0, 0.1) is 0 Å². The first kappa shape index (κ1) is 28.2. The summed E-state index contributed by atoms with van der Waals surface area (Å²) in [4.78, 5) is 58.6. The van der Waals surface area contributed by atoms with E-state index in [2.05, 4.69) is 0 Å². The van der Waals surface area contributed by atoms with Gasteiger partial charge in [0.25, 0.3) is 0 Å². The van der Waals surface area contributed by atoms with E-state index in [4.69, 9.17) is 37.9 Å². The molecular formula is C25H26O13. The Morgan fingerprint density at radius 3 is 2.11 bits per heavy atom. The number of benzene rings is 1. The number of esters is 4. The van der Waals surface area contributed by atoms with Gasteiger partial charge in [-0.3, -0.25) is 19.2 Å². The molecule has 0 unspecified atom stereocenters. The summed E-state index contributed by atoms with van der Waals surface area (Å²) < 4.78 is 38.7. The largest absolute Gasteiger partial charge is 0.478 e. The molecule has 1 aliphatic heterocycles. The molecule has 5 atom stereocenters. The van der Waals surface area contributed by atoms with Crippen LogP contribution in [0.15, 0.2) is 35.0 Å². The van der Waals surface area contributed by atoms with E-state index >= 15 is 0 Å². The lowest BCUT2D eigenvalue weighted by atomic mass is 9.98. The molecule has 3 rings (SSSR count). The van der Waals surface area contributed by atoms with E-state index in [9.17, 15) is 24.0 Å². The number of aliphatic carboxylic acids is 1. The lowest BCUT2D eigenvalue weighted by Gasteiger charge is -2.44. The van der Waals surface area contributed by atoms with Gasteiger partial charge in [-0.2, -0.15) is 0 Å². The van der Waals surface area contributed by atoms with Crippen molar-refractivity contribution in [2.45, 2.75) is 58.4 Å². The Hall–Kier alpha value is -4.39. The Morgan fingerprint density at radius 2 is 1.50 bits per heavy atom. The van der Waals surface area contributed by atoms with Gasteiger partial charge in [-0.05, 0) is 24.3 Å². The molecule has 38 heavy (non-hydrogen) atoms. The van der Waals surface area contributed by atoms with Crippen LogP contribution in [-0.2, 0) is 47.7 Å². The lowest BCUT2D eigenvalue weighted by molar-refractivity contribution is -0.288. The van der Waals surface area contributed by atoms with Gasteiger partial charge in [0.2, 0.25) is 12.4 Å². The van der Waals surface area contributed by atoms with Crippen molar-refractivity contribution in [3.8, 4) is 5.75 Å². The van der Waals surface area contributed by atoms with E-state index in [1.807, 2.05) is 0 Å². The quantitative estimate of drug-likeness (QED) is 0.281. The van der Waals surface area contributed by atoms with Crippen molar-refractivity contribution in [1.82, 2.24) is 0 Å². The van der Waals surface area contributed by atoms with Gasteiger partial charge in [0.05, 0.1) is 11.6 Å². The van der Waals surface area contributed by atoms with E-state index in [1.165, 1.54) is 18.4 Å². The van der Waals surface area contributed by atoms with E-state index in [0.29, 0.717) is 16.5 Å². The molecule has 1 aliphatic rings. The Balaban J connectivity index is 2.12. The molecule has 204 valence electrons. The lowest BCUT2D eigenvalue weighted by Crippen LogP contribution is -2.63. The van der Waals surface area contributed by atoms with Crippen molar-refractivity contribution in [3.63, 3.8) is 0 Å². The van der Waals surface area contributed by atoms with Crippen LogP contribution in [0.1, 0.15) is 33.3 Å². The summed E-state index contributed by atoms with van der Waals surface area (Å²) in [5.41, 5.74) is 0.687. The molecule has 1 saturated heterocycles. The molecule has 1 aromatic heterocycles. The Bertz CT molecular complexity index is 1240. The zero-order chi connectivity index (χ0) is 28.0. The number of hydrogen-bond donors (Lipinski definition) is 1. The molecule has 1 N–H and O–H groups in total. The SMILES string of the molecule is CC(=O)OC[C@H]1O[C@@H](Oc2c(/C=C/C(=O)O)ccc3occc23)[C@H](OC(C)=O)[C@@H](OC(C)=O)[C@@H]1OC(C)=O. The molecule has 0 spiro atoms. The van der Waals surface area contributed by atoms with Crippen LogP contribution in [-0.4, -0.2) is 72.3 Å². The molecular weight excluding hydrogens is 508 g/mol. The van der Waals surface area contributed by atoms with Crippen LogP contribution in [0.5, 0.6) is 5.75 Å². The van der Waals surface area contributed by atoms with E-state index in [0.717, 1.165) is 33.8 Å². The highest BCUT2D eigenvalue weighted by Gasteiger charge is 2.53. The fourth-order valence-electron chi connectivity index (χ4n) is 3.86. The predicted octanol–water partition coefficient (Wildman–Crippen LogP) is 1.99. The minimum absolute atomic E-state index is 0.0923. The molecule has 2 heterocycles. The summed E-state index contributed by atoms with van der Waals surface area (Å²) in [5, 5.41) is 9.52. The van der Waals surface area contributed by atoms with Gasteiger partial charge in [-0.1, -0.05) is 0 Å². The van der Waals surface area contributed by atoms with Crippen molar-refractivity contribution in [1.29, 1.82) is 0 Å². The molecule has 0 saturated carbocycles. The summed E-state index contributed by atoms with van der Waals surface area (Å²) in [6, 6.07) is 4.69. The highest BCUT2D eigenvalue weighted by molar-refractivity contribution is 5.91. The molecule has 0 bridgehead atoms. The average molecular weight is 534 g/mol. The number of hydrogen-bond acceptors (Lipinski definition) is 12. The number of ether oxygens (including phenoxy) is 6. The van der Waals surface area contributed by atoms with Crippen LogP contribution in [0.2, 0.25) is 0 Å². The van der Waals surface area contributed by atoms with Crippen molar-refractivity contribution in [2.75, 3.05) is 6.61 Å². The third-order valence-electron chi connectivity index (χ3n) is 5.20. The van der Waals surface area contributed by atoms with Gasteiger partial charge in [0.1, 0.15) is 24.0 Å². The van der Waals surface area contributed by atoms with Crippen LogP contribution in [0.25, 0.3) is 17.0 Å². The standard InChI is InChI=1S/C25H26O13/c1-12(26)33-11-19-22(34-13(2)27)23(35-14(3)28)24(36-15(4)29)25(37-19)38-21-16(6-8-20(30)31)5-7-18-17(21)9-10-32-18/h5-10,19,22-25H,11H2,1-4H3,(H,30,31)/b8-6+/t19-,22-,23+,24-,25+/m1/s1. The minimum Gasteiger partial charge on any atom is -0.478 e. The summed E-state index contributed by atoms with van der Waals surface area (Å²) in [7, 11) is 0. The highest BCUT2D eigenvalue weighted by atomic mass is 16.7. The maximum atomic E-state index is 12.0. The molecule has 13 nitrogen and oxygen atoms in total. The number of carboxylic acid groups (broad SMARTS) is 1. The predicted molar refractivity (Wildman–Crippen MR) is 125 cm³/mol. The molecule has 2 aromatic rings. The fraction of sp³-hybridized carbons (Fsp3) is 0.400. The van der Waals surface area contributed by atoms with Crippen molar-refractivity contribution in [2.24, 2.45) is 0 Å². The van der Waals surface area contributed by atoms with Gasteiger partial charge < -0.3 is 37.9 Å². The van der Waals surface area contributed by atoms with Crippen LogP contribution < -0.4 is 4.74 Å². The normalized spacial score (nSPS) is 23.0. The number of carbonyl (C=O) groups excluding carboxylic acids is 4. The first-order valence-corrected chi connectivity index (χ1v) is 11.3. The molecule has 13 heteroatoms. The Kier molecular flexibility index (Phi) is 9.07. The molecule has 0 radical (unpaired) electrons. The van der Waals surface area contributed by atoms with Crippen LogP contribution in [0.3, 0.4) is 0 Å².